The molecule has 114 valence electrons. The molecule has 0 radical (unpaired) electrons. The molecule has 0 spiro atoms. The molecule has 0 atom stereocenters. The number of hydrogen-bond acceptors (Lipinski definition) is 2. The standard InChI is InChI=1S/C15H19FN2O3/c1-9-2-4-10(5-3-9)17-15(21)18-11-6-7-12(14(19)20)13(16)8-11/h6-10H,2-5H2,1H3,(H,19,20)(H2,17,18,21). The molecule has 0 aliphatic heterocycles. The summed E-state index contributed by atoms with van der Waals surface area (Å²) in [5.41, 5.74) is -0.179. The molecule has 2 rings (SSSR count). The van der Waals surface area contributed by atoms with E-state index in [-0.39, 0.29) is 11.7 Å². The molecule has 1 aromatic rings. The molecule has 1 aliphatic rings. The number of nitrogens with one attached hydrogen (secondary N) is 2. The van der Waals surface area contributed by atoms with Crippen LogP contribution in [-0.2, 0) is 0 Å². The van der Waals surface area contributed by atoms with Gasteiger partial charge in [0.1, 0.15) is 5.82 Å². The molecule has 2 amide bonds. The van der Waals surface area contributed by atoms with Crippen LogP contribution in [0, 0.1) is 11.7 Å². The van der Waals surface area contributed by atoms with Gasteiger partial charge in [-0.1, -0.05) is 6.92 Å². The second kappa shape index (κ2) is 6.56. The summed E-state index contributed by atoms with van der Waals surface area (Å²) in [6, 6.07) is 3.26. The maximum Gasteiger partial charge on any atom is 0.338 e. The van der Waals surface area contributed by atoms with Crippen LogP contribution in [0.15, 0.2) is 18.2 Å². The van der Waals surface area contributed by atoms with Crippen molar-refractivity contribution in [2.24, 2.45) is 5.92 Å². The van der Waals surface area contributed by atoms with E-state index in [1.165, 1.54) is 6.07 Å². The van der Waals surface area contributed by atoms with Crippen LogP contribution in [-0.4, -0.2) is 23.1 Å². The predicted molar refractivity (Wildman–Crippen MR) is 76.9 cm³/mol. The van der Waals surface area contributed by atoms with Gasteiger partial charge in [-0.3, -0.25) is 0 Å². The minimum Gasteiger partial charge on any atom is -0.478 e. The SMILES string of the molecule is CC1CCC(NC(=O)Nc2ccc(C(=O)O)c(F)c2)CC1. The summed E-state index contributed by atoms with van der Waals surface area (Å²) in [5, 5.41) is 14.1. The van der Waals surface area contributed by atoms with Crippen molar-refractivity contribution in [2.45, 2.75) is 38.6 Å². The first kappa shape index (κ1) is 15.3. The van der Waals surface area contributed by atoms with Crippen LogP contribution in [0.1, 0.15) is 43.0 Å². The minimum absolute atomic E-state index is 0.143. The number of hydrogen-bond donors (Lipinski definition) is 3. The third-order valence-corrected chi connectivity index (χ3v) is 3.81. The molecule has 0 saturated heterocycles. The lowest BCUT2D eigenvalue weighted by atomic mass is 9.87. The van der Waals surface area contributed by atoms with Gasteiger partial charge in [-0.2, -0.15) is 0 Å². The Kier molecular flexibility index (Phi) is 4.77. The predicted octanol–water partition coefficient (Wildman–Crippen LogP) is 3.22. The first-order chi connectivity index (χ1) is 9.95. The van der Waals surface area contributed by atoms with Gasteiger partial charge in [0.05, 0.1) is 5.56 Å². The Morgan fingerprint density at radius 1 is 1.24 bits per heavy atom. The van der Waals surface area contributed by atoms with Crippen molar-refractivity contribution in [3.63, 3.8) is 0 Å². The van der Waals surface area contributed by atoms with E-state index in [0.29, 0.717) is 5.92 Å². The molecular formula is C15H19FN2O3. The molecule has 0 unspecified atom stereocenters. The molecule has 1 aliphatic carbocycles. The number of carboxylic acid groups (broad SMARTS) is 1. The first-order valence-corrected chi connectivity index (χ1v) is 7.06. The molecule has 1 saturated carbocycles. The highest BCUT2D eigenvalue weighted by Gasteiger charge is 2.20. The molecule has 21 heavy (non-hydrogen) atoms. The Balaban J connectivity index is 1.91. The Morgan fingerprint density at radius 2 is 1.90 bits per heavy atom. The number of carboxylic acids is 1. The van der Waals surface area contributed by atoms with Crippen molar-refractivity contribution < 1.29 is 19.1 Å². The van der Waals surface area contributed by atoms with Crippen LogP contribution < -0.4 is 10.6 Å². The van der Waals surface area contributed by atoms with Crippen molar-refractivity contribution in [1.82, 2.24) is 5.32 Å². The smallest absolute Gasteiger partial charge is 0.338 e. The number of anilines is 1. The first-order valence-electron chi connectivity index (χ1n) is 7.06. The highest BCUT2D eigenvalue weighted by atomic mass is 19.1. The number of carbonyl (C=O) groups excluding carboxylic acids is 1. The number of halogens is 1. The molecule has 0 aromatic heterocycles. The number of carbonyl (C=O) groups is 2. The highest BCUT2D eigenvalue weighted by Crippen LogP contribution is 2.23. The summed E-state index contributed by atoms with van der Waals surface area (Å²) in [6.07, 6.45) is 4.07. The average Bonchev–Trinajstić information content (AvgIpc) is 2.41. The molecule has 1 aromatic carbocycles. The van der Waals surface area contributed by atoms with Gasteiger partial charge >= 0.3 is 12.0 Å². The zero-order chi connectivity index (χ0) is 15.4. The third kappa shape index (κ3) is 4.18. The van der Waals surface area contributed by atoms with Gasteiger partial charge in [-0.25, -0.2) is 14.0 Å². The van der Waals surface area contributed by atoms with Crippen LogP contribution in [0.4, 0.5) is 14.9 Å². The van der Waals surface area contributed by atoms with E-state index in [0.717, 1.165) is 37.8 Å². The lowest BCUT2D eigenvalue weighted by molar-refractivity contribution is 0.0692. The summed E-state index contributed by atoms with van der Waals surface area (Å²) in [6.45, 7) is 2.20. The van der Waals surface area contributed by atoms with Crippen molar-refractivity contribution in [3.8, 4) is 0 Å². The minimum atomic E-state index is -1.33. The van der Waals surface area contributed by atoms with E-state index in [9.17, 15) is 14.0 Å². The topological polar surface area (TPSA) is 78.4 Å². The van der Waals surface area contributed by atoms with Crippen LogP contribution in [0.2, 0.25) is 0 Å². The van der Waals surface area contributed by atoms with Gasteiger partial charge in [0.2, 0.25) is 0 Å². The monoisotopic (exact) mass is 294 g/mol. The number of urea groups is 1. The summed E-state index contributed by atoms with van der Waals surface area (Å²) < 4.78 is 13.5. The zero-order valence-corrected chi connectivity index (χ0v) is 11.9. The van der Waals surface area contributed by atoms with E-state index < -0.39 is 23.4 Å². The second-order valence-electron chi connectivity index (χ2n) is 5.56. The fraction of sp³-hybridized carbons (Fsp3) is 0.467. The summed E-state index contributed by atoms with van der Waals surface area (Å²) in [4.78, 5) is 22.5. The molecule has 6 heteroatoms. The fourth-order valence-electron chi connectivity index (χ4n) is 2.52. The maximum absolute atomic E-state index is 13.5. The van der Waals surface area contributed by atoms with Crippen molar-refractivity contribution in [3.05, 3.63) is 29.6 Å². The van der Waals surface area contributed by atoms with Gasteiger partial charge in [0, 0.05) is 11.7 Å². The zero-order valence-electron chi connectivity index (χ0n) is 11.9. The molecule has 5 nitrogen and oxygen atoms in total. The van der Waals surface area contributed by atoms with E-state index in [2.05, 4.69) is 17.6 Å². The van der Waals surface area contributed by atoms with Gasteiger partial charge in [0.15, 0.2) is 0 Å². The number of rotatable bonds is 3. The van der Waals surface area contributed by atoms with E-state index in [1.54, 1.807) is 0 Å². The van der Waals surface area contributed by atoms with Crippen LogP contribution >= 0.6 is 0 Å². The van der Waals surface area contributed by atoms with Gasteiger partial charge in [-0.15, -0.1) is 0 Å². The van der Waals surface area contributed by atoms with Crippen LogP contribution in [0.25, 0.3) is 0 Å². The average molecular weight is 294 g/mol. The number of benzene rings is 1. The lowest BCUT2D eigenvalue weighted by Gasteiger charge is -2.26. The molecule has 0 heterocycles. The third-order valence-electron chi connectivity index (χ3n) is 3.81. The Labute approximate surface area is 122 Å². The maximum atomic E-state index is 13.5. The van der Waals surface area contributed by atoms with Crippen molar-refractivity contribution in [2.75, 3.05) is 5.32 Å². The Hall–Kier alpha value is -2.11. The summed E-state index contributed by atoms with van der Waals surface area (Å²) in [7, 11) is 0. The van der Waals surface area contributed by atoms with E-state index >= 15 is 0 Å². The summed E-state index contributed by atoms with van der Waals surface area (Å²) >= 11 is 0. The normalized spacial score (nSPS) is 21.6. The Morgan fingerprint density at radius 3 is 2.48 bits per heavy atom. The van der Waals surface area contributed by atoms with Crippen LogP contribution in [0.5, 0.6) is 0 Å². The van der Waals surface area contributed by atoms with Crippen molar-refractivity contribution in [1.29, 1.82) is 0 Å². The van der Waals surface area contributed by atoms with Gasteiger partial charge in [-0.05, 0) is 49.8 Å². The van der Waals surface area contributed by atoms with Crippen LogP contribution in [0.3, 0.4) is 0 Å². The van der Waals surface area contributed by atoms with E-state index in [1.807, 2.05) is 0 Å². The van der Waals surface area contributed by atoms with Crippen molar-refractivity contribution >= 4 is 17.7 Å². The Bertz CT molecular complexity index is 540. The lowest BCUT2D eigenvalue weighted by Crippen LogP contribution is -2.39. The molecule has 3 N–H and O–H groups in total. The van der Waals surface area contributed by atoms with Gasteiger partial charge in [0.25, 0.3) is 0 Å². The summed E-state index contributed by atoms with van der Waals surface area (Å²) in [5.74, 6) is -1.50. The number of aromatic carboxylic acids is 1. The van der Waals surface area contributed by atoms with Gasteiger partial charge < -0.3 is 15.7 Å². The quantitative estimate of drug-likeness (QED) is 0.801. The van der Waals surface area contributed by atoms with E-state index in [4.69, 9.17) is 5.11 Å². The largest absolute Gasteiger partial charge is 0.478 e. The molecular weight excluding hydrogens is 275 g/mol. The second-order valence-corrected chi connectivity index (χ2v) is 5.56. The molecule has 0 bridgehead atoms. The molecule has 1 fully saturated rings. The highest BCUT2D eigenvalue weighted by molar-refractivity contribution is 5.91. The fourth-order valence-corrected chi connectivity index (χ4v) is 2.52. The number of amides is 2.